The molecule has 0 unspecified atom stereocenters. The predicted molar refractivity (Wildman–Crippen MR) is 99.8 cm³/mol. The molecule has 0 radical (unpaired) electrons. The molecule has 4 aromatic rings. The van der Waals surface area contributed by atoms with E-state index in [1.165, 1.54) is 10.9 Å². The molecule has 4 rings (SSSR count). The summed E-state index contributed by atoms with van der Waals surface area (Å²) in [5.74, 6) is -0.858. The van der Waals surface area contributed by atoms with Crippen LogP contribution in [0.2, 0.25) is 0 Å². The summed E-state index contributed by atoms with van der Waals surface area (Å²) in [6.07, 6.45) is 1.47. The first-order chi connectivity index (χ1) is 13.2. The highest BCUT2D eigenvalue weighted by Gasteiger charge is 2.12. The maximum absolute atomic E-state index is 12.3. The average molecular weight is 360 g/mol. The van der Waals surface area contributed by atoms with Crippen LogP contribution in [0.1, 0.15) is 5.69 Å². The van der Waals surface area contributed by atoms with Gasteiger partial charge in [-0.1, -0.05) is 42.5 Å². The first-order valence-corrected chi connectivity index (χ1v) is 8.42. The maximum atomic E-state index is 12.3. The van der Waals surface area contributed by atoms with E-state index in [9.17, 15) is 9.59 Å². The van der Waals surface area contributed by atoms with E-state index in [1.54, 1.807) is 24.3 Å². The number of para-hydroxylation sites is 2. The third-order valence-electron chi connectivity index (χ3n) is 4.14. The van der Waals surface area contributed by atoms with Gasteiger partial charge in [-0.2, -0.15) is 0 Å². The van der Waals surface area contributed by atoms with Crippen LogP contribution < -0.4 is 11.1 Å². The molecule has 0 aliphatic heterocycles. The highest BCUT2D eigenvalue weighted by atomic mass is 16.4. The van der Waals surface area contributed by atoms with Gasteiger partial charge in [0.05, 0.1) is 23.4 Å². The molecular formula is C20H16N4O3. The summed E-state index contributed by atoms with van der Waals surface area (Å²) >= 11 is 0. The van der Waals surface area contributed by atoms with E-state index in [0.29, 0.717) is 16.8 Å². The third kappa shape index (κ3) is 3.62. The summed E-state index contributed by atoms with van der Waals surface area (Å²) in [5, 5.41) is 2.78. The number of fused-ring (bicyclic) bond motifs is 1. The molecule has 0 spiro atoms. The Labute approximate surface area is 154 Å². The molecule has 2 aromatic carbocycles. The number of aromatic nitrogens is 3. The number of hydrogen-bond acceptors (Lipinski definition) is 5. The Morgan fingerprint density at radius 1 is 1.04 bits per heavy atom. The number of carbonyl (C=O) groups is 1. The van der Waals surface area contributed by atoms with Gasteiger partial charge in [0.15, 0.2) is 5.58 Å². The van der Waals surface area contributed by atoms with Gasteiger partial charge in [0, 0.05) is 5.56 Å². The maximum Gasteiger partial charge on any atom is 0.420 e. The van der Waals surface area contributed by atoms with Crippen LogP contribution in [0.3, 0.4) is 0 Å². The first-order valence-electron chi connectivity index (χ1n) is 8.42. The lowest BCUT2D eigenvalue weighted by Gasteiger charge is -2.07. The molecule has 2 aromatic heterocycles. The molecule has 27 heavy (non-hydrogen) atoms. The summed E-state index contributed by atoms with van der Waals surface area (Å²) in [6, 6.07) is 18.6. The van der Waals surface area contributed by atoms with Crippen molar-refractivity contribution in [1.82, 2.24) is 19.9 Å². The number of amides is 1. The van der Waals surface area contributed by atoms with Gasteiger partial charge in [-0.3, -0.25) is 9.36 Å². The predicted octanol–water partition coefficient (Wildman–Crippen LogP) is 2.37. The molecule has 0 saturated carbocycles. The normalized spacial score (nSPS) is 10.8. The van der Waals surface area contributed by atoms with Crippen molar-refractivity contribution in [2.45, 2.75) is 13.1 Å². The van der Waals surface area contributed by atoms with Gasteiger partial charge in [-0.05, 0) is 18.2 Å². The van der Waals surface area contributed by atoms with Crippen LogP contribution in [0.4, 0.5) is 0 Å². The van der Waals surface area contributed by atoms with Crippen molar-refractivity contribution in [2.24, 2.45) is 0 Å². The van der Waals surface area contributed by atoms with Crippen molar-refractivity contribution in [2.75, 3.05) is 0 Å². The lowest BCUT2D eigenvalue weighted by molar-refractivity contribution is -0.121. The quantitative estimate of drug-likeness (QED) is 0.590. The van der Waals surface area contributed by atoms with Gasteiger partial charge in [-0.25, -0.2) is 14.8 Å². The minimum Gasteiger partial charge on any atom is -0.408 e. The summed E-state index contributed by atoms with van der Waals surface area (Å²) in [4.78, 5) is 32.7. The lowest BCUT2D eigenvalue weighted by Crippen LogP contribution is -2.30. The van der Waals surface area contributed by atoms with E-state index in [-0.39, 0.29) is 19.0 Å². The molecule has 0 atom stereocenters. The van der Waals surface area contributed by atoms with Crippen LogP contribution >= 0.6 is 0 Å². The molecule has 0 fully saturated rings. The second-order valence-electron chi connectivity index (χ2n) is 5.96. The molecular weight excluding hydrogens is 344 g/mol. The van der Waals surface area contributed by atoms with Crippen LogP contribution in [0.25, 0.3) is 22.4 Å². The molecule has 0 aliphatic carbocycles. The number of carbonyl (C=O) groups excluding carboxylic acids is 1. The largest absolute Gasteiger partial charge is 0.420 e. The third-order valence-corrected chi connectivity index (χ3v) is 4.14. The fourth-order valence-electron chi connectivity index (χ4n) is 2.81. The highest BCUT2D eigenvalue weighted by Crippen LogP contribution is 2.16. The van der Waals surface area contributed by atoms with Crippen molar-refractivity contribution >= 4 is 17.0 Å². The molecule has 2 heterocycles. The Bertz CT molecular complexity index is 1150. The van der Waals surface area contributed by atoms with Gasteiger partial charge in [-0.15, -0.1) is 0 Å². The van der Waals surface area contributed by atoms with Gasteiger partial charge < -0.3 is 9.73 Å². The number of benzene rings is 2. The number of nitrogens with one attached hydrogen (secondary N) is 1. The summed E-state index contributed by atoms with van der Waals surface area (Å²) in [6.45, 7) is 0.123. The minimum atomic E-state index is -0.556. The van der Waals surface area contributed by atoms with Crippen molar-refractivity contribution in [3.63, 3.8) is 0 Å². The minimum absolute atomic E-state index is 0.119. The molecule has 134 valence electrons. The van der Waals surface area contributed by atoms with Crippen LogP contribution in [0, 0.1) is 0 Å². The van der Waals surface area contributed by atoms with Crippen LogP contribution in [0.5, 0.6) is 0 Å². The molecule has 1 amide bonds. The summed E-state index contributed by atoms with van der Waals surface area (Å²) in [7, 11) is 0. The van der Waals surface area contributed by atoms with Crippen molar-refractivity contribution in [1.29, 1.82) is 0 Å². The SMILES string of the molecule is O=C(Cn1c(=O)oc2ccccc21)NCc1cc(-c2ccccc2)ncn1. The number of nitrogens with zero attached hydrogens (tertiary/aromatic N) is 3. The lowest BCUT2D eigenvalue weighted by atomic mass is 10.1. The standard InChI is InChI=1S/C20H16N4O3/c25-19(12-24-17-8-4-5-9-18(17)27-20(24)26)21-11-15-10-16(23-13-22-15)14-6-2-1-3-7-14/h1-10,13H,11-12H2,(H,21,25). The van der Waals surface area contributed by atoms with E-state index in [0.717, 1.165) is 11.3 Å². The fourth-order valence-corrected chi connectivity index (χ4v) is 2.81. The van der Waals surface area contributed by atoms with E-state index in [4.69, 9.17) is 4.42 Å². The zero-order chi connectivity index (χ0) is 18.6. The van der Waals surface area contributed by atoms with Crippen molar-refractivity contribution < 1.29 is 9.21 Å². The Balaban J connectivity index is 1.45. The molecule has 0 aliphatic rings. The number of hydrogen-bond donors (Lipinski definition) is 1. The van der Waals surface area contributed by atoms with E-state index in [2.05, 4.69) is 15.3 Å². The molecule has 1 N–H and O–H groups in total. The smallest absolute Gasteiger partial charge is 0.408 e. The van der Waals surface area contributed by atoms with E-state index < -0.39 is 5.76 Å². The zero-order valence-electron chi connectivity index (χ0n) is 14.3. The second-order valence-corrected chi connectivity index (χ2v) is 5.96. The molecule has 7 nitrogen and oxygen atoms in total. The monoisotopic (exact) mass is 360 g/mol. The average Bonchev–Trinajstić information content (AvgIpc) is 3.02. The van der Waals surface area contributed by atoms with Crippen LogP contribution in [-0.4, -0.2) is 20.4 Å². The van der Waals surface area contributed by atoms with Crippen LogP contribution in [0.15, 0.2) is 76.2 Å². The fraction of sp³-hybridized carbons (Fsp3) is 0.100. The first kappa shape index (κ1) is 16.7. The molecule has 7 heteroatoms. The van der Waals surface area contributed by atoms with Crippen molar-refractivity contribution in [3.05, 3.63) is 83.2 Å². The Morgan fingerprint density at radius 2 is 1.81 bits per heavy atom. The second kappa shape index (κ2) is 7.25. The van der Waals surface area contributed by atoms with E-state index >= 15 is 0 Å². The van der Waals surface area contributed by atoms with Crippen molar-refractivity contribution in [3.8, 4) is 11.3 Å². The summed E-state index contributed by atoms with van der Waals surface area (Å²) in [5.41, 5.74) is 3.49. The Morgan fingerprint density at radius 3 is 2.67 bits per heavy atom. The number of oxazole rings is 1. The van der Waals surface area contributed by atoms with E-state index in [1.807, 2.05) is 36.4 Å². The van der Waals surface area contributed by atoms with Gasteiger partial charge in [0.25, 0.3) is 0 Å². The Hall–Kier alpha value is -3.74. The topological polar surface area (TPSA) is 90.0 Å². The Kier molecular flexibility index (Phi) is 4.49. The van der Waals surface area contributed by atoms with Gasteiger partial charge in [0.1, 0.15) is 12.9 Å². The van der Waals surface area contributed by atoms with Gasteiger partial charge in [0.2, 0.25) is 5.91 Å². The highest BCUT2D eigenvalue weighted by molar-refractivity contribution is 5.79. The molecule has 0 saturated heterocycles. The summed E-state index contributed by atoms with van der Waals surface area (Å²) < 4.78 is 6.44. The number of rotatable bonds is 5. The zero-order valence-corrected chi connectivity index (χ0v) is 14.3. The van der Waals surface area contributed by atoms with Gasteiger partial charge >= 0.3 is 5.76 Å². The van der Waals surface area contributed by atoms with Crippen LogP contribution in [-0.2, 0) is 17.9 Å². The molecule has 0 bridgehead atoms.